The van der Waals surface area contributed by atoms with Crippen LogP contribution in [0.15, 0.2) is 24.3 Å². The lowest BCUT2D eigenvalue weighted by atomic mass is 9.97. The minimum atomic E-state index is -0.310. The maximum Gasteiger partial charge on any atom is 0.234 e. The van der Waals surface area contributed by atoms with Crippen molar-refractivity contribution in [1.29, 1.82) is 0 Å². The molecule has 162 valence electrons. The van der Waals surface area contributed by atoms with Crippen molar-refractivity contribution in [2.45, 2.75) is 45.4 Å². The van der Waals surface area contributed by atoms with Gasteiger partial charge in [0.05, 0.1) is 19.0 Å². The summed E-state index contributed by atoms with van der Waals surface area (Å²) in [6, 6.07) is 5.78. The third-order valence-corrected chi connectivity index (χ3v) is 5.08. The van der Waals surface area contributed by atoms with Crippen molar-refractivity contribution in [3.05, 3.63) is 30.1 Å². The molecule has 0 aliphatic carbocycles. The quantitative estimate of drug-likeness (QED) is 0.523. The summed E-state index contributed by atoms with van der Waals surface area (Å²) in [7, 11) is 0. The number of amides is 2. The van der Waals surface area contributed by atoms with Crippen LogP contribution in [-0.2, 0) is 9.59 Å². The lowest BCUT2D eigenvalue weighted by Gasteiger charge is -2.31. The summed E-state index contributed by atoms with van der Waals surface area (Å²) in [5, 5.41) is 5.87. The Hall–Kier alpha value is -2.15. The molecule has 1 aliphatic heterocycles. The van der Waals surface area contributed by atoms with Crippen molar-refractivity contribution >= 4 is 11.8 Å². The molecule has 0 bridgehead atoms. The van der Waals surface area contributed by atoms with Gasteiger partial charge in [0, 0.05) is 13.1 Å². The van der Waals surface area contributed by atoms with Crippen LogP contribution in [0.25, 0.3) is 0 Å². The molecule has 1 unspecified atom stereocenters. The summed E-state index contributed by atoms with van der Waals surface area (Å²) in [5.74, 6) is 0.257. The van der Waals surface area contributed by atoms with Crippen LogP contribution >= 0.6 is 0 Å². The number of nitrogens with one attached hydrogen (secondary N) is 2. The average Bonchev–Trinajstić information content (AvgIpc) is 2.72. The topological polar surface area (TPSA) is 70.7 Å². The third kappa shape index (κ3) is 9.26. The van der Waals surface area contributed by atoms with Gasteiger partial charge in [-0.3, -0.25) is 14.5 Å². The fourth-order valence-electron chi connectivity index (χ4n) is 3.47. The first kappa shape index (κ1) is 23.1. The second-order valence-corrected chi connectivity index (χ2v) is 7.58. The first-order valence-electron chi connectivity index (χ1n) is 10.7. The molecule has 0 radical (unpaired) electrons. The first-order chi connectivity index (χ1) is 14.1. The normalized spacial score (nSPS) is 17.0. The number of hydrogen-bond donors (Lipinski definition) is 2. The molecular weight excluding hydrogens is 373 g/mol. The summed E-state index contributed by atoms with van der Waals surface area (Å²) in [6.07, 6.45) is 6.37. The third-order valence-electron chi connectivity index (χ3n) is 5.08. The van der Waals surface area contributed by atoms with Crippen molar-refractivity contribution in [2.24, 2.45) is 5.92 Å². The molecule has 1 saturated heterocycles. The highest BCUT2D eigenvalue weighted by Gasteiger charge is 2.26. The van der Waals surface area contributed by atoms with Crippen LogP contribution in [0, 0.1) is 11.7 Å². The van der Waals surface area contributed by atoms with Gasteiger partial charge >= 0.3 is 0 Å². The van der Waals surface area contributed by atoms with Gasteiger partial charge < -0.3 is 15.4 Å². The van der Waals surface area contributed by atoms with Crippen molar-refractivity contribution in [2.75, 3.05) is 39.3 Å². The Morgan fingerprint density at radius 1 is 1.14 bits per heavy atom. The Bertz CT molecular complexity index is 624. The minimum absolute atomic E-state index is 0.0375. The highest BCUT2D eigenvalue weighted by atomic mass is 19.1. The van der Waals surface area contributed by atoms with Crippen molar-refractivity contribution < 1.29 is 18.7 Å². The Labute approximate surface area is 173 Å². The maximum atomic E-state index is 12.8. The molecule has 1 aromatic carbocycles. The molecule has 6 nitrogen and oxygen atoms in total. The number of unbranched alkanes of at least 4 members (excludes halogenated alkanes) is 3. The van der Waals surface area contributed by atoms with E-state index >= 15 is 0 Å². The van der Waals surface area contributed by atoms with Crippen LogP contribution in [0.3, 0.4) is 0 Å². The summed E-state index contributed by atoms with van der Waals surface area (Å²) >= 11 is 0. The van der Waals surface area contributed by atoms with Gasteiger partial charge in [0.25, 0.3) is 0 Å². The minimum Gasteiger partial charge on any atom is -0.492 e. The van der Waals surface area contributed by atoms with Crippen molar-refractivity contribution in [3.63, 3.8) is 0 Å². The number of hydrogen-bond acceptors (Lipinski definition) is 4. The summed E-state index contributed by atoms with van der Waals surface area (Å²) in [4.78, 5) is 26.6. The van der Waals surface area contributed by atoms with Crippen LogP contribution in [0.2, 0.25) is 0 Å². The molecule has 1 fully saturated rings. The monoisotopic (exact) mass is 407 g/mol. The van der Waals surface area contributed by atoms with E-state index in [2.05, 4.69) is 17.6 Å². The summed E-state index contributed by atoms with van der Waals surface area (Å²) in [5.41, 5.74) is 0. The van der Waals surface area contributed by atoms with E-state index in [0.29, 0.717) is 25.4 Å². The van der Waals surface area contributed by atoms with E-state index in [0.717, 1.165) is 38.8 Å². The Kier molecular flexibility index (Phi) is 10.5. The summed E-state index contributed by atoms with van der Waals surface area (Å²) in [6.45, 7) is 5.36. The fourth-order valence-corrected chi connectivity index (χ4v) is 3.47. The molecule has 0 aromatic heterocycles. The van der Waals surface area contributed by atoms with Crippen LogP contribution in [-0.4, -0.2) is 56.0 Å². The predicted octanol–water partition coefficient (Wildman–Crippen LogP) is 2.73. The number of likely N-dealkylation sites (tertiary alicyclic amines) is 1. The number of benzene rings is 1. The molecule has 2 amide bonds. The van der Waals surface area contributed by atoms with E-state index in [9.17, 15) is 14.0 Å². The van der Waals surface area contributed by atoms with Crippen LogP contribution in [0.1, 0.15) is 45.4 Å². The summed E-state index contributed by atoms with van der Waals surface area (Å²) < 4.78 is 18.3. The molecule has 29 heavy (non-hydrogen) atoms. The van der Waals surface area contributed by atoms with Crippen LogP contribution < -0.4 is 15.4 Å². The number of piperidine rings is 1. The lowest BCUT2D eigenvalue weighted by Crippen LogP contribution is -2.47. The van der Waals surface area contributed by atoms with E-state index in [1.807, 2.05) is 4.90 Å². The average molecular weight is 408 g/mol. The van der Waals surface area contributed by atoms with Crippen molar-refractivity contribution in [1.82, 2.24) is 15.5 Å². The molecule has 1 heterocycles. The zero-order valence-corrected chi connectivity index (χ0v) is 17.4. The van der Waals surface area contributed by atoms with Gasteiger partial charge in [0.1, 0.15) is 18.2 Å². The second-order valence-electron chi connectivity index (χ2n) is 7.58. The fraction of sp³-hybridized carbons (Fsp3) is 0.636. The number of nitrogens with zero attached hydrogens (tertiary/aromatic N) is 1. The number of carbonyl (C=O) groups is 2. The largest absolute Gasteiger partial charge is 0.492 e. The molecule has 2 rings (SSSR count). The van der Waals surface area contributed by atoms with Gasteiger partial charge in [-0.05, 0) is 50.1 Å². The molecular formula is C22H34FN3O3. The first-order valence-corrected chi connectivity index (χ1v) is 10.7. The smallest absolute Gasteiger partial charge is 0.234 e. The molecule has 0 spiro atoms. The lowest BCUT2D eigenvalue weighted by molar-refractivity contribution is -0.129. The van der Waals surface area contributed by atoms with Crippen LogP contribution in [0.5, 0.6) is 5.75 Å². The van der Waals surface area contributed by atoms with Gasteiger partial charge in [-0.2, -0.15) is 0 Å². The highest BCUT2D eigenvalue weighted by molar-refractivity contribution is 5.80. The van der Waals surface area contributed by atoms with Gasteiger partial charge in [-0.1, -0.05) is 26.2 Å². The molecule has 0 saturated carbocycles. The zero-order chi connectivity index (χ0) is 20.9. The van der Waals surface area contributed by atoms with Gasteiger partial charge in [-0.15, -0.1) is 0 Å². The van der Waals surface area contributed by atoms with E-state index in [1.54, 1.807) is 12.1 Å². The number of ether oxygens (including phenoxy) is 1. The second kappa shape index (κ2) is 13.1. The Morgan fingerprint density at radius 3 is 2.69 bits per heavy atom. The highest BCUT2D eigenvalue weighted by Crippen LogP contribution is 2.16. The predicted molar refractivity (Wildman–Crippen MR) is 111 cm³/mol. The Balaban J connectivity index is 1.60. The van der Waals surface area contributed by atoms with Gasteiger partial charge in [0.2, 0.25) is 11.8 Å². The number of rotatable bonds is 12. The number of halogens is 1. The van der Waals surface area contributed by atoms with Gasteiger partial charge in [-0.25, -0.2) is 4.39 Å². The van der Waals surface area contributed by atoms with E-state index in [1.165, 1.54) is 25.0 Å². The van der Waals surface area contributed by atoms with E-state index in [-0.39, 0.29) is 30.1 Å². The Morgan fingerprint density at radius 2 is 1.93 bits per heavy atom. The zero-order valence-electron chi connectivity index (χ0n) is 17.4. The number of carbonyl (C=O) groups excluding carboxylic acids is 2. The molecule has 2 N–H and O–H groups in total. The standard InChI is InChI=1S/C22H34FN3O3/c1-2-3-4-5-12-25-22(28)18-7-6-14-26(16-18)17-21(27)24-13-15-29-20-10-8-19(23)9-11-20/h8-11,18H,2-7,12-17H2,1H3,(H,24,27)(H,25,28). The molecule has 1 aromatic rings. The van der Waals surface area contributed by atoms with Gasteiger partial charge in [0.15, 0.2) is 0 Å². The molecule has 7 heteroatoms. The molecule has 1 aliphatic rings. The SMILES string of the molecule is CCCCCCNC(=O)C1CCCN(CC(=O)NCCOc2ccc(F)cc2)C1. The maximum absolute atomic E-state index is 12.8. The molecule has 1 atom stereocenters. The van der Waals surface area contributed by atoms with E-state index in [4.69, 9.17) is 4.74 Å². The van der Waals surface area contributed by atoms with E-state index < -0.39 is 0 Å². The van der Waals surface area contributed by atoms with Crippen LogP contribution in [0.4, 0.5) is 4.39 Å². The van der Waals surface area contributed by atoms with Crippen molar-refractivity contribution in [3.8, 4) is 5.75 Å².